The van der Waals surface area contributed by atoms with Crippen LogP contribution in [0.2, 0.25) is 0 Å². The molecule has 0 bridgehead atoms. The van der Waals surface area contributed by atoms with E-state index in [4.69, 9.17) is 0 Å². The van der Waals surface area contributed by atoms with Crippen LogP contribution in [0.4, 0.5) is 0 Å². The Labute approximate surface area is 152 Å². The molecule has 3 rings (SSSR count). The van der Waals surface area contributed by atoms with Crippen LogP contribution in [0.3, 0.4) is 0 Å². The molecule has 0 spiro atoms. The summed E-state index contributed by atoms with van der Waals surface area (Å²) in [5.41, 5.74) is 5.95. The van der Waals surface area contributed by atoms with Crippen LogP contribution in [-0.2, 0) is 0 Å². The van der Waals surface area contributed by atoms with Crippen molar-refractivity contribution in [1.29, 1.82) is 0 Å². The molecule has 102 valence electrons. The predicted octanol–water partition coefficient (Wildman–Crippen LogP) is 0.881. The molecule has 0 aromatic rings. The van der Waals surface area contributed by atoms with E-state index in [1.54, 1.807) is 11.1 Å². The zero-order chi connectivity index (χ0) is 14.3. The van der Waals surface area contributed by atoms with Gasteiger partial charge in [0.05, 0.1) is 0 Å². The Balaban J connectivity index is 2.10. The van der Waals surface area contributed by atoms with Crippen molar-refractivity contribution in [2.45, 2.75) is 38.5 Å². The summed E-state index contributed by atoms with van der Waals surface area (Å²) in [4.78, 5) is 0. The molecular formula is C16H14Se4. The maximum atomic E-state index is 3.25. The second-order valence-corrected chi connectivity index (χ2v) is 8.78. The van der Waals surface area contributed by atoms with Gasteiger partial charge in [-0.25, -0.2) is 0 Å². The fourth-order valence-corrected chi connectivity index (χ4v) is 6.23. The van der Waals surface area contributed by atoms with Crippen LogP contribution in [-0.4, -0.2) is 80.0 Å². The van der Waals surface area contributed by atoms with Crippen LogP contribution in [0.25, 0.3) is 0 Å². The standard InChI is InChI=1S/C16H14Se4/c17-13-12(14(18)16(20)15(13)19)11-8-7-9-5-3-1-2-4-6-10(9)11/h7-8H,1-6H2. The van der Waals surface area contributed by atoms with Crippen LogP contribution >= 0.6 is 0 Å². The molecule has 0 atom stereocenters. The molecule has 0 saturated heterocycles. The second-order valence-electron chi connectivity index (χ2n) is 5.36. The van der Waals surface area contributed by atoms with E-state index in [1.807, 2.05) is 0 Å². The van der Waals surface area contributed by atoms with Crippen molar-refractivity contribution in [2.24, 2.45) is 0 Å². The van der Waals surface area contributed by atoms with Crippen molar-refractivity contribution in [3.8, 4) is 0 Å². The fraction of sp³-hybridized carbons (Fsp3) is 0.375. The van der Waals surface area contributed by atoms with E-state index in [1.165, 1.54) is 67.3 Å². The van der Waals surface area contributed by atoms with E-state index in [-0.39, 0.29) is 0 Å². The van der Waals surface area contributed by atoms with Crippen molar-refractivity contribution in [3.63, 3.8) is 0 Å². The number of allylic oxidation sites excluding steroid dienone is 6. The van der Waals surface area contributed by atoms with E-state index in [9.17, 15) is 0 Å². The van der Waals surface area contributed by atoms with Gasteiger partial charge in [0, 0.05) is 0 Å². The topological polar surface area (TPSA) is 0 Å². The molecule has 20 heavy (non-hydrogen) atoms. The first-order chi connectivity index (χ1) is 9.61. The molecule has 1 fully saturated rings. The zero-order valence-electron chi connectivity index (χ0n) is 11.0. The Kier molecular flexibility index (Phi) is 5.08. The first-order valence-electron chi connectivity index (χ1n) is 6.93. The molecule has 0 amide bonds. The summed E-state index contributed by atoms with van der Waals surface area (Å²) in [6.07, 6.45) is 12.6. The quantitative estimate of drug-likeness (QED) is 0.415. The van der Waals surface area contributed by atoms with E-state index in [2.05, 4.69) is 74.5 Å². The maximum absolute atomic E-state index is 3.25. The minimum absolute atomic E-state index is 1.22. The zero-order valence-corrected chi connectivity index (χ0v) is 17.9. The number of hydrogen-bond donors (Lipinski definition) is 0. The van der Waals surface area contributed by atoms with E-state index in [0.717, 1.165) is 0 Å². The molecule has 3 aliphatic rings. The Bertz CT molecular complexity index is 615. The molecule has 1 saturated carbocycles. The van der Waals surface area contributed by atoms with Crippen molar-refractivity contribution < 1.29 is 0 Å². The van der Waals surface area contributed by atoms with Gasteiger partial charge in [0.2, 0.25) is 0 Å². The number of hydrogen-bond acceptors (Lipinski definition) is 0. The molecule has 3 aliphatic carbocycles. The fourth-order valence-electron chi connectivity index (χ4n) is 3.07. The van der Waals surface area contributed by atoms with Crippen molar-refractivity contribution >= 4 is 80.0 Å². The summed E-state index contributed by atoms with van der Waals surface area (Å²) in [6, 6.07) is 0. The molecular weight excluding hydrogens is 508 g/mol. The molecule has 0 N–H and O–H groups in total. The van der Waals surface area contributed by atoms with Crippen LogP contribution < -0.4 is 0 Å². The van der Waals surface area contributed by atoms with Gasteiger partial charge >= 0.3 is 153 Å². The van der Waals surface area contributed by atoms with Gasteiger partial charge in [-0.1, -0.05) is 0 Å². The normalized spacial score (nSPS) is 23.6. The SMILES string of the molecule is [Se]=C1C(=[Se])C(=[Se])C(=C2C=CC3=C2CCCCCC3)C1=[Se]. The summed E-state index contributed by atoms with van der Waals surface area (Å²) >= 11 is 12.9. The van der Waals surface area contributed by atoms with Gasteiger partial charge in [0.25, 0.3) is 0 Å². The summed E-state index contributed by atoms with van der Waals surface area (Å²) in [5.74, 6) is 0. The van der Waals surface area contributed by atoms with Crippen LogP contribution in [0.5, 0.6) is 0 Å². The summed E-state index contributed by atoms with van der Waals surface area (Å²) in [7, 11) is 0. The van der Waals surface area contributed by atoms with Crippen molar-refractivity contribution in [3.05, 3.63) is 34.4 Å². The Morgan fingerprint density at radius 1 is 0.650 bits per heavy atom. The third kappa shape index (κ3) is 2.71. The molecule has 4 heteroatoms. The Morgan fingerprint density at radius 3 is 1.90 bits per heavy atom. The minimum atomic E-state index is 1.22. The summed E-state index contributed by atoms with van der Waals surface area (Å²) in [5, 5.41) is 0. The van der Waals surface area contributed by atoms with Crippen LogP contribution in [0.1, 0.15) is 38.5 Å². The Morgan fingerprint density at radius 2 is 1.25 bits per heavy atom. The third-order valence-electron chi connectivity index (χ3n) is 4.13. The Hall–Kier alpha value is 0.778. The van der Waals surface area contributed by atoms with Crippen LogP contribution in [0.15, 0.2) is 34.4 Å². The van der Waals surface area contributed by atoms with Gasteiger partial charge in [-0.3, -0.25) is 0 Å². The molecule has 0 nitrogen and oxygen atoms in total. The van der Waals surface area contributed by atoms with Gasteiger partial charge in [-0.05, 0) is 0 Å². The molecule has 0 radical (unpaired) electrons. The van der Waals surface area contributed by atoms with Gasteiger partial charge in [0.1, 0.15) is 0 Å². The van der Waals surface area contributed by atoms with E-state index < -0.39 is 0 Å². The summed E-state index contributed by atoms with van der Waals surface area (Å²) in [6.45, 7) is 0. The molecule has 0 aliphatic heterocycles. The molecule has 0 aromatic carbocycles. The average Bonchev–Trinajstić information content (AvgIpc) is 2.86. The van der Waals surface area contributed by atoms with Gasteiger partial charge < -0.3 is 0 Å². The van der Waals surface area contributed by atoms with Crippen molar-refractivity contribution in [1.82, 2.24) is 0 Å². The second kappa shape index (κ2) is 6.49. The monoisotopic (exact) mass is 526 g/mol. The van der Waals surface area contributed by atoms with E-state index in [0.29, 0.717) is 0 Å². The molecule has 0 aromatic heterocycles. The predicted molar refractivity (Wildman–Crippen MR) is 93.9 cm³/mol. The van der Waals surface area contributed by atoms with Crippen LogP contribution in [0, 0.1) is 0 Å². The third-order valence-corrected chi connectivity index (χ3v) is 9.52. The van der Waals surface area contributed by atoms with Gasteiger partial charge in [0.15, 0.2) is 0 Å². The number of rotatable bonds is 0. The first-order valence-corrected chi connectivity index (χ1v) is 10.4. The van der Waals surface area contributed by atoms with Gasteiger partial charge in [-0.2, -0.15) is 0 Å². The van der Waals surface area contributed by atoms with Gasteiger partial charge in [-0.15, -0.1) is 0 Å². The molecule has 0 heterocycles. The van der Waals surface area contributed by atoms with Crippen molar-refractivity contribution in [2.75, 3.05) is 0 Å². The average molecular weight is 522 g/mol. The first kappa shape index (κ1) is 15.7. The van der Waals surface area contributed by atoms with E-state index >= 15 is 0 Å². The molecule has 0 unspecified atom stereocenters. The summed E-state index contributed by atoms with van der Waals surface area (Å²) < 4.78 is 4.94.